The van der Waals surface area contributed by atoms with Gasteiger partial charge in [0, 0.05) is 12.7 Å². The van der Waals surface area contributed by atoms with E-state index in [0.29, 0.717) is 17.3 Å². The van der Waals surface area contributed by atoms with Crippen LogP contribution in [0.25, 0.3) is 0 Å². The Morgan fingerprint density at radius 3 is 2.81 bits per heavy atom. The lowest BCUT2D eigenvalue weighted by molar-refractivity contribution is 0.0948. The van der Waals surface area contributed by atoms with Crippen LogP contribution >= 0.6 is 11.6 Å². The molecule has 0 fully saturated rings. The Morgan fingerprint density at radius 1 is 1.38 bits per heavy atom. The Morgan fingerprint density at radius 2 is 2.19 bits per heavy atom. The van der Waals surface area contributed by atoms with Crippen LogP contribution in [0.1, 0.15) is 43.1 Å². The Balaban J connectivity index is 2.27. The van der Waals surface area contributed by atoms with E-state index in [4.69, 9.17) is 11.6 Å². The first-order valence-corrected chi connectivity index (χ1v) is 6.01. The minimum absolute atomic E-state index is 0.131. The van der Waals surface area contributed by atoms with E-state index in [9.17, 15) is 4.79 Å². The van der Waals surface area contributed by atoms with Gasteiger partial charge in [0.15, 0.2) is 0 Å². The van der Waals surface area contributed by atoms with Crippen molar-refractivity contribution in [2.75, 3.05) is 6.54 Å². The first kappa shape index (κ1) is 13.0. The monoisotopic (exact) mass is 240 g/mol. The van der Waals surface area contributed by atoms with Crippen LogP contribution in [0.5, 0.6) is 0 Å². The van der Waals surface area contributed by atoms with E-state index >= 15 is 0 Å². The van der Waals surface area contributed by atoms with Crippen molar-refractivity contribution in [3.63, 3.8) is 0 Å². The van der Waals surface area contributed by atoms with Crippen LogP contribution in [0.15, 0.2) is 18.3 Å². The maximum Gasteiger partial charge on any atom is 0.269 e. The molecular weight excluding hydrogens is 224 g/mol. The molecule has 0 spiro atoms. The summed E-state index contributed by atoms with van der Waals surface area (Å²) in [6, 6.07) is 3.30. The van der Waals surface area contributed by atoms with Crippen LogP contribution in [0, 0.1) is 0 Å². The molecule has 0 aliphatic heterocycles. The molecule has 3 nitrogen and oxygen atoms in total. The Labute approximate surface area is 101 Å². The molecule has 0 bridgehead atoms. The molecule has 1 amide bonds. The van der Waals surface area contributed by atoms with Crippen molar-refractivity contribution in [3.8, 4) is 0 Å². The fraction of sp³-hybridized carbons (Fsp3) is 0.500. The Kier molecular flexibility index (Phi) is 5.86. The molecule has 0 aromatic carbocycles. The number of aromatic nitrogens is 1. The highest BCUT2D eigenvalue weighted by molar-refractivity contribution is 6.30. The zero-order valence-corrected chi connectivity index (χ0v) is 10.3. The number of nitrogens with zero attached hydrogens (tertiary/aromatic N) is 1. The highest BCUT2D eigenvalue weighted by Crippen LogP contribution is 2.06. The molecule has 16 heavy (non-hydrogen) atoms. The lowest BCUT2D eigenvalue weighted by Crippen LogP contribution is -2.25. The predicted molar refractivity (Wildman–Crippen MR) is 65.7 cm³/mol. The molecule has 1 rings (SSSR count). The van der Waals surface area contributed by atoms with Crippen LogP contribution < -0.4 is 5.32 Å². The number of nitrogens with one attached hydrogen (secondary N) is 1. The Hall–Kier alpha value is -1.09. The van der Waals surface area contributed by atoms with Crippen LogP contribution in [-0.2, 0) is 0 Å². The number of hydrogen-bond donors (Lipinski definition) is 1. The van der Waals surface area contributed by atoms with Crippen molar-refractivity contribution < 1.29 is 4.79 Å². The van der Waals surface area contributed by atoms with Gasteiger partial charge in [0.2, 0.25) is 0 Å². The second-order valence-electron chi connectivity index (χ2n) is 3.68. The number of hydrogen-bond acceptors (Lipinski definition) is 2. The zero-order chi connectivity index (χ0) is 11.8. The summed E-state index contributed by atoms with van der Waals surface area (Å²) in [6.07, 6.45) is 6.08. The molecule has 1 N–H and O–H groups in total. The molecule has 0 atom stereocenters. The second-order valence-corrected chi connectivity index (χ2v) is 4.11. The molecule has 1 aromatic heterocycles. The standard InChI is InChI=1S/C12H17ClN2O/c1-2-3-4-5-8-14-12(16)11-7-6-10(13)9-15-11/h6-7,9H,2-5,8H2,1H3,(H,14,16). The van der Waals surface area contributed by atoms with Gasteiger partial charge in [-0.2, -0.15) is 0 Å². The van der Waals surface area contributed by atoms with Gasteiger partial charge in [-0.1, -0.05) is 37.8 Å². The summed E-state index contributed by atoms with van der Waals surface area (Å²) >= 11 is 5.68. The van der Waals surface area contributed by atoms with Crippen molar-refractivity contribution >= 4 is 17.5 Å². The van der Waals surface area contributed by atoms with Crippen molar-refractivity contribution in [2.24, 2.45) is 0 Å². The van der Waals surface area contributed by atoms with Crippen molar-refractivity contribution in [3.05, 3.63) is 29.0 Å². The molecule has 4 heteroatoms. The fourth-order valence-electron chi connectivity index (χ4n) is 1.35. The van der Waals surface area contributed by atoms with Gasteiger partial charge in [0.1, 0.15) is 5.69 Å². The molecule has 0 saturated heterocycles. The number of halogens is 1. The minimum atomic E-state index is -0.131. The van der Waals surface area contributed by atoms with E-state index in [0.717, 1.165) is 12.8 Å². The third-order valence-electron chi connectivity index (χ3n) is 2.28. The van der Waals surface area contributed by atoms with Gasteiger partial charge in [-0.25, -0.2) is 4.98 Å². The third-order valence-corrected chi connectivity index (χ3v) is 2.50. The highest BCUT2D eigenvalue weighted by atomic mass is 35.5. The summed E-state index contributed by atoms with van der Waals surface area (Å²) in [5, 5.41) is 3.37. The predicted octanol–water partition coefficient (Wildman–Crippen LogP) is 3.05. The second kappa shape index (κ2) is 7.23. The fourth-order valence-corrected chi connectivity index (χ4v) is 1.47. The molecule has 0 aliphatic carbocycles. The summed E-state index contributed by atoms with van der Waals surface area (Å²) in [4.78, 5) is 15.5. The Bertz CT molecular complexity index is 324. The number of carbonyl (C=O) groups excluding carboxylic acids is 1. The van der Waals surface area contributed by atoms with Gasteiger partial charge in [-0.05, 0) is 18.6 Å². The molecular formula is C12H17ClN2O. The number of pyridine rings is 1. The van der Waals surface area contributed by atoms with Crippen LogP contribution in [0.3, 0.4) is 0 Å². The van der Waals surface area contributed by atoms with E-state index in [1.807, 2.05) is 0 Å². The zero-order valence-electron chi connectivity index (χ0n) is 9.50. The summed E-state index contributed by atoms with van der Waals surface area (Å²) in [5.41, 5.74) is 0.417. The lowest BCUT2D eigenvalue weighted by atomic mass is 10.2. The number of rotatable bonds is 6. The summed E-state index contributed by atoms with van der Waals surface area (Å²) in [7, 11) is 0. The summed E-state index contributed by atoms with van der Waals surface area (Å²) in [6.45, 7) is 2.87. The first-order chi connectivity index (χ1) is 7.74. The average Bonchev–Trinajstić information content (AvgIpc) is 2.29. The molecule has 0 radical (unpaired) electrons. The molecule has 88 valence electrons. The highest BCUT2D eigenvalue weighted by Gasteiger charge is 2.05. The SMILES string of the molecule is CCCCCCNC(=O)c1ccc(Cl)cn1. The van der Waals surface area contributed by atoms with Gasteiger partial charge in [-0.3, -0.25) is 4.79 Å². The van der Waals surface area contributed by atoms with Gasteiger partial charge in [-0.15, -0.1) is 0 Å². The number of unbranched alkanes of at least 4 members (excludes halogenated alkanes) is 3. The molecule has 0 aliphatic rings. The largest absolute Gasteiger partial charge is 0.351 e. The summed E-state index contributed by atoms with van der Waals surface area (Å²) in [5.74, 6) is -0.131. The van der Waals surface area contributed by atoms with E-state index < -0.39 is 0 Å². The van der Waals surface area contributed by atoms with E-state index in [1.54, 1.807) is 12.1 Å². The number of carbonyl (C=O) groups is 1. The quantitative estimate of drug-likeness (QED) is 0.777. The first-order valence-electron chi connectivity index (χ1n) is 5.63. The van der Waals surface area contributed by atoms with Crippen LogP contribution in [0.2, 0.25) is 5.02 Å². The maximum atomic E-state index is 11.6. The van der Waals surface area contributed by atoms with Crippen LogP contribution in [0.4, 0.5) is 0 Å². The third kappa shape index (κ3) is 4.62. The van der Waals surface area contributed by atoms with Crippen molar-refractivity contribution in [1.82, 2.24) is 10.3 Å². The molecule has 0 unspecified atom stereocenters. The van der Waals surface area contributed by atoms with Crippen molar-refractivity contribution in [2.45, 2.75) is 32.6 Å². The smallest absolute Gasteiger partial charge is 0.269 e. The van der Waals surface area contributed by atoms with Gasteiger partial charge >= 0.3 is 0 Å². The van der Waals surface area contributed by atoms with Gasteiger partial charge in [0.25, 0.3) is 5.91 Å². The van der Waals surface area contributed by atoms with E-state index in [1.165, 1.54) is 19.0 Å². The molecule has 0 saturated carbocycles. The van der Waals surface area contributed by atoms with Gasteiger partial charge in [0.05, 0.1) is 5.02 Å². The van der Waals surface area contributed by atoms with Crippen LogP contribution in [-0.4, -0.2) is 17.4 Å². The average molecular weight is 241 g/mol. The minimum Gasteiger partial charge on any atom is -0.351 e. The van der Waals surface area contributed by atoms with E-state index in [2.05, 4.69) is 17.2 Å². The van der Waals surface area contributed by atoms with Crippen molar-refractivity contribution in [1.29, 1.82) is 0 Å². The van der Waals surface area contributed by atoms with Gasteiger partial charge < -0.3 is 5.32 Å². The lowest BCUT2D eigenvalue weighted by Gasteiger charge is -2.04. The maximum absolute atomic E-state index is 11.6. The van der Waals surface area contributed by atoms with E-state index in [-0.39, 0.29) is 5.91 Å². The summed E-state index contributed by atoms with van der Waals surface area (Å²) < 4.78 is 0. The molecule has 1 aromatic rings. The molecule has 1 heterocycles. The number of amides is 1. The normalized spacial score (nSPS) is 10.1. The topological polar surface area (TPSA) is 42.0 Å².